The highest BCUT2D eigenvalue weighted by atomic mass is 15.0. The lowest BCUT2D eigenvalue weighted by molar-refractivity contribution is 0.404. The van der Waals surface area contributed by atoms with Crippen LogP contribution in [0.1, 0.15) is 39.7 Å². The molecule has 0 unspecified atom stereocenters. The van der Waals surface area contributed by atoms with Crippen LogP contribution in [0.5, 0.6) is 0 Å². The summed E-state index contributed by atoms with van der Waals surface area (Å²) >= 11 is 0. The SMILES string of the molecule is CC.CC1(C)CC=C(c2c[nH]c3ncccc23)CN1. The van der Waals surface area contributed by atoms with Gasteiger partial charge < -0.3 is 10.3 Å². The highest BCUT2D eigenvalue weighted by Crippen LogP contribution is 2.27. The normalized spacial score (nSPS) is 17.6. The Morgan fingerprint density at radius 2 is 2.05 bits per heavy atom. The van der Waals surface area contributed by atoms with Crippen LogP contribution < -0.4 is 5.32 Å². The molecule has 0 aliphatic carbocycles. The fraction of sp³-hybridized carbons (Fsp3) is 0.438. The van der Waals surface area contributed by atoms with Gasteiger partial charge in [0.25, 0.3) is 0 Å². The maximum atomic E-state index is 4.32. The Balaban J connectivity index is 0.000000637. The summed E-state index contributed by atoms with van der Waals surface area (Å²) in [6, 6.07) is 4.11. The zero-order valence-corrected chi connectivity index (χ0v) is 12.2. The van der Waals surface area contributed by atoms with Crippen molar-refractivity contribution >= 4 is 16.6 Å². The van der Waals surface area contributed by atoms with Gasteiger partial charge in [-0.15, -0.1) is 0 Å². The zero-order chi connectivity index (χ0) is 13.9. The summed E-state index contributed by atoms with van der Waals surface area (Å²) in [6.45, 7) is 9.39. The van der Waals surface area contributed by atoms with Gasteiger partial charge in [-0.1, -0.05) is 19.9 Å². The van der Waals surface area contributed by atoms with Gasteiger partial charge in [-0.2, -0.15) is 0 Å². The minimum Gasteiger partial charge on any atom is -0.346 e. The van der Waals surface area contributed by atoms with Crippen molar-refractivity contribution in [3.63, 3.8) is 0 Å². The predicted molar refractivity (Wildman–Crippen MR) is 82.1 cm³/mol. The van der Waals surface area contributed by atoms with E-state index in [0.717, 1.165) is 18.6 Å². The van der Waals surface area contributed by atoms with Gasteiger partial charge in [0.05, 0.1) is 0 Å². The Bertz CT molecular complexity index is 578. The monoisotopic (exact) mass is 257 g/mol. The first-order valence-electron chi connectivity index (χ1n) is 7.02. The van der Waals surface area contributed by atoms with Gasteiger partial charge >= 0.3 is 0 Å². The average Bonchev–Trinajstić information content (AvgIpc) is 2.85. The molecular formula is C16H23N3. The maximum absolute atomic E-state index is 4.32. The number of aromatic nitrogens is 2. The minimum atomic E-state index is 0.216. The molecule has 0 spiro atoms. The first-order valence-corrected chi connectivity index (χ1v) is 7.02. The first-order chi connectivity index (χ1) is 9.16. The fourth-order valence-corrected chi connectivity index (χ4v) is 2.28. The largest absolute Gasteiger partial charge is 0.346 e. The van der Waals surface area contributed by atoms with Crippen LogP contribution in [0.4, 0.5) is 0 Å². The van der Waals surface area contributed by atoms with E-state index in [2.05, 4.69) is 47.5 Å². The van der Waals surface area contributed by atoms with E-state index in [1.54, 1.807) is 0 Å². The van der Waals surface area contributed by atoms with Gasteiger partial charge in [-0.05, 0) is 38.0 Å². The summed E-state index contributed by atoms with van der Waals surface area (Å²) in [5.74, 6) is 0. The van der Waals surface area contributed by atoms with E-state index in [-0.39, 0.29) is 5.54 Å². The number of aromatic amines is 1. The van der Waals surface area contributed by atoms with Gasteiger partial charge in [-0.3, -0.25) is 0 Å². The Morgan fingerprint density at radius 1 is 1.26 bits per heavy atom. The van der Waals surface area contributed by atoms with E-state index in [1.807, 2.05) is 26.1 Å². The van der Waals surface area contributed by atoms with Crippen LogP contribution in [0.25, 0.3) is 16.6 Å². The molecule has 2 N–H and O–H groups in total. The summed E-state index contributed by atoms with van der Waals surface area (Å²) in [5.41, 5.74) is 3.82. The van der Waals surface area contributed by atoms with Crippen molar-refractivity contribution < 1.29 is 0 Å². The molecule has 0 saturated carbocycles. The standard InChI is InChI=1S/C14H17N3.C2H6/c1-14(2)6-5-10(8-17-14)12-9-16-13-11(12)4-3-7-15-13;1-2/h3-5,7,9,17H,6,8H2,1-2H3,(H,15,16);1-2H3. The van der Waals surface area contributed by atoms with Crippen molar-refractivity contribution in [1.29, 1.82) is 0 Å². The first kappa shape index (κ1) is 13.8. The summed E-state index contributed by atoms with van der Waals surface area (Å²) in [6.07, 6.45) is 7.28. The van der Waals surface area contributed by atoms with E-state index in [0.29, 0.717) is 0 Å². The maximum Gasteiger partial charge on any atom is 0.137 e. The molecule has 102 valence electrons. The molecular weight excluding hydrogens is 234 g/mol. The number of nitrogens with zero attached hydrogens (tertiary/aromatic N) is 1. The van der Waals surface area contributed by atoms with E-state index in [9.17, 15) is 0 Å². The summed E-state index contributed by atoms with van der Waals surface area (Å²) < 4.78 is 0. The van der Waals surface area contributed by atoms with Crippen molar-refractivity contribution in [3.8, 4) is 0 Å². The van der Waals surface area contributed by atoms with Crippen LogP contribution in [0, 0.1) is 0 Å². The van der Waals surface area contributed by atoms with Gasteiger partial charge in [0.15, 0.2) is 0 Å². The van der Waals surface area contributed by atoms with Gasteiger partial charge in [-0.25, -0.2) is 4.98 Å². The van der Waals surface area contributed by atoms with Crippen LogP contribution in [-0.2, 0) is 0 Å². The quantitative estimate of drug-likeness (QED) is 0.817. The Morgan fingerprint density at radius 3 is 2.74 bits per heavy atom. The van der Waals surface area contributed by atoms with Crippen molar-refractivity contribution in [2.45, 2.75) is 39.7 Å². The molecule has 19 heavy (non-hydrogen) atoms. The summed E-state index contributed by atoms with van der Waals surface area (Å²) in [5, 5.41) is 4.77. The Hall–Kier alpha value is -1.61. The number of hydrogen-bond donors (Lipinski definition) is 2. The molecule has 3 heteroatoms. The lowest BCUT2D eigenvalue weighted by atomic mass is 9.92. The van der Waals surface area contributed by atoms with Crippen LogP contribution in [0.15, 0.2) is 30.6 Å². The minimum absolute atomic E-state index is 0.216. The molecule has 0 aromatic carbocycles. The Labute approximate surface area is 115 Å². The number of pyridine rings is 1. The van der Waals surface area contributed by atoms with Gasteiger partial charge in [0.2, 0.25) is 0 Å². The highest BCUT2D eigenvalue weighted by Gasteiger charge is 2.21. The molecule has 3 nitrogen and oxygen atoms in total. The molecule has 1 aliphatic rings. The molecule has 0 bridgehead atoms. The predicted octanol–water partition coefficient (Wildman–Crippen LogP) is 3.74. The molecule has 0 fully saturated rings. The second kappa shape index (κ2) is 5.57. The highest BCUT2D eigenvalue weighted by molar-refractivity contribution is 5.91. The smallest absolute Gasteiger partial charge is 0.137 e. The topological polar surface area (TPSA) is 40.7 Å². The second-order valence-corrected chi connectivity index (χ2v) is 5.27. The van der Waals surface area contributed by atoms with E-state index in [4.69, 9.17) is 0 Å². The third-order valence-electron chi connectivity index (χ3n) is 3.41. The number of nitrogens with one attached hydrogen (secondary N) is 2. The van der Waals surface area contributed by atoms with Crippen LogP contribution in [0.3, 0.4) is 0 Å². The third kappa shape index (κ3) is 2.87. The van der Waals surface area contributed by atoms with Gasteiger partial charge in [0.1, 0.15) is 5.65 Å². The van der Waals surface area contributed by atoms with E-state index < -0.39 is 0 Å². The van der Waals surface area contributed by atoms with Crippen molar-refractivity contribution in [1.82, 2.24) is 15.3 Å². The molecule has 3 rings (SSSR count). The van der Waals surface area contributed by atoms with Crippen molar-refractivity contribution in [2.24, 2.45) is 0 Å². The average molecular weight is 257 g/mol. The van der Waals surface area contributed by atoms with Crippen molar-refractivity contribution in [3.05, 3.63) is 36.2 Å². The lowest BCUT2D eigenvalue weighted by Gasteiger charge is -2.30. The zero-order valence-electron chi connectivity index (χ0n) is 12.2. The lowest BCUT2D eigenvalue weighted by Crippen LogP contribution is -2.42. The van der Waals surface area contributed by atoms with Crippen LogP contribution >= 0.6 is 0 Å². The number of fused-ring (bicyclic) bond motifs is 1. The number of hydrogen-bond acceptors (Lipinski definition) is 2. The fourth-order valence-electron chi connectivity index (χ4n) is 2.28. The van der Waals surface area contributed by atoms with Gasteiger partial charge in [0, 0.05) is 35.4 Å². The molecule has 0 amide bonds. The number of rotatable bonds is 1. The number of H-pyrrole nitrogens is 1. The molecule has 2 aromatic rings. The molecule has 0 saturated heterocycles. The molecule has 0 radical (unpaired) electrons. The summed E-state index contributed by atoms with van der Waals surface area (Å²) in [7, 11) is 0. The molecule has 2 aromatic heterocycles. The molecule has 1 aliphatic heterocycles. The molecule has 3 heterocycles. The van der Waals surface area contributed by atoms with Crippen molar-refractivity contribution in [2.75, 3.05) is 6.54 Å². The summed E-state index contributed by atoms with van der Waals surface area (Å²) in [4.78, 5) is 7.55. The van der Waals surface area contributed by atoms with E-state index in [1.165, 1.54) is 16.5 Å². The van der Waals surface area contributed by atoms with Crippen LogP contribution in [-0.4, -0.2) is 22.1 Å². The second-order valence-electron chi connectivity index (χ2n) is 5.27. The molecule has 0 atom stereocenters. The van der Waals surface area contributed by atoms with Crippen LogP contribution in [0.2, 0.25) is 0 Å². The third-order valence-corrected chi connectivity index (χ3v) is 3.41. The Kier molecular flexibility index (Phi) is 4.05. The van der Waals surface area contributed by atoms with E-state index >= 15 is 0 Å².